The maximum atomic E-state index is 8.88. The topological polar surface area (TPSA) is 77.6 Å². The number of aromatic nitrogens is 2. The lowest BCUT2D eigenvalue weighted by atomic mass is 10.2. The van der Waals surface area contributed by atoms with E-state index in [4.69, 9.17) is 19.1 Å². The maximum absolute atomic E-state index is 8.88. The predicted octanol–water partition coefficient (Wildman–Crippen LogP) is 1.25. The Morgan fingerprint density at radius 2 is 2.12 bits per heavy atom. The molecule has 1 heterocycles. The lowest BCUT2D eigenvalue weighted by molar-refractivity contribution is 0.264. The Balaban J connectivity index is 2.50. The van der Waals surface area contributed by atoms with Gasteiger partial charge in [-0.2, -0.15) is 4.98 Å². The van der Waals surface area contributed by atoms with Crippen LogP contribution in [0.15, 0.2) is 22.7 Å². The third-order valence-corrected chi connectivity index (χ3v) is 2.24. The number of hydrogen-bond acceptors (Lipinski definition) is 6. The second-order valence-electron chi connectivity index (χ2n) is 3.21. The Labute approximate surface area is 97.8 Å². The van der Waals surface area contributed by atoms with Crippen LogP contribution in [0.1, 0.15) is 5.82 Å². The largest absolute Gasteiger partial charge is 0.493 e. The molecule has 0 saturated carbocycles. The molecule has 17 heavy (non-hydrogen) atoms. The average Bonchev–Trinajstić information content (AvgIpc) is 2.86. The molecule has 2 rings (SSSR count). The summed E-state index contributed by atoms with van der Waals surface area (Å²) in [5.74, 6) is 1.60. The van der Waals surface area contributed by atoms with Crippen molar-refractivity contribution >= 4 is 0 Å². The fourth-order valence-corrected chi connectivity index (χ4v) is 1.48. The van der Waals surface area contributed by atoms with Gasteiger partial charge in [0.15, 0.2) is 17.3 Å². The molecule has 0 aliphatic rings. The summed E-state index contributed by atoms with van der Waals surface area (Å²) in [6.45, 7) is -0.268. The van der Waals surface area contributed by atoms with Crippen molar-refractivity contribution < 1.29 is 19.1 Å². The normalized spacial score (nSPS) is 10.3. The van der Waals surface area contributed by atoms with E-state index in [1.807, 2.05) is 0 Å². The first kappa shape index (κ1) is 11.4. The molecule has 6 heteroatoms. The molecule has 0 fully saturated rings. The Hall–Kier alpha value is -2.08. The quantitative estimate of drug-likeness (QED) is 0.860. The van der Waals surface area contributed by atoms with Crippen LogP contribution < -0.4 is 9.47 Å². The third kappa shape index (κ3) is 2.07. The van der Waals surface area contributed by atoms with Crippen LogP contribution in [0, 0.1) is 0 Å². The van der Waals surface area contributed by atoms with Gasteiger partial charge < -0.3 is 19.1 Å². The van der Waals surface area contributed by atoms with Crippen molar-refractivity contribution in [1.29, 1.82) is 0 Å². The number of nitrogens with zero attached hydrogens (tertiary/aromatic N) is 2. The van der Waals surface area contributed by atoms with Gasteiger partial charge in [-0.3, -0.25) is 0 Å². The Morgan fingerprint density at radius 3 is 2.71 bits per heavy atom. The van der Waals surface area contributed by atoms with E-state index in [0.717, 1.165) is 0 Å². The summed E-state index contributed by atoms with van der Waals surface area (Å²) in [5.41, 5.74) is 0.624. The summed E-state index contributed by atoms with van der Waals surface area (Å²) in [5, 5.41) is 12.5. The van der Waals surface area contributed by atoms with Gasteiger partial charge >= 0.3 is 0 Å². The van der Waals surface area contributed by atoms with Crippen molar-refractivity contribution in [1.82, 2.24) is 10.1 Å². The first-order chi connectivity index (χ1) is 8.30. The highest BCUT2D eigenvalue weighted by Gasteiger charge is 2.16. The smallest absolute Gasteiger partial charge is 0.261 e. The van der Waals surface area contributed by atoms with E-state index >= 15 is 0 Å². The maximum Gasteiger partial charge on any atom is 0.261 e. The number of aliphatic hydroxyl groups is 1. The van der Waals surface area contributed by atoms with E-state index in [2.05, 4.69) is 10.1 Å². The summed E-state index contributed by atoms with van der Waals surface area (Å²) >= 11 is 0. The lowest BCUT2D eigenvalue weighted by Crippen LogP contribution is -1.93. The van der Waals surface area contributed by atoms with E-state index in [9.17, 15) is 0 Å². The number of aliphatic hydroxyl groups excluding tert-OH is 1. The van der Waals surface area contributed by atoms with E-state index in [1.54, 1.807) is 25.3 Å². The van der Waals surface area contributed by atoms with Crippen molar-refractivity contribution in [3.63, 3.8) is 0 Å². The van der Waals surface area contributed by atoms with Crippen molar-refractivity contribution in [3.05, 3.63) is 24.0 Å². The van der Waals surface area contributed by atoms with Crippen molar-refractivity contribution in [3.8, 4) is 23.0 Å². The molecule has 0 saturated heterocycles. The fourth-order valence-electron chi connectivity index (χ4n) is 1.48. The van der Waals surface area contributed by atoms with Gasteiger partial charge in [-0.05, 0) is 12.1 Å². The van der Waals surface area contributed by atoms with Crippen molar-refractivity contribution in [2.45, 2.75) is 6.61 Å². The molecule has 0 spiro atoms. The molecule has 2 aromatic rings. The molecule has 0 aliphatic heterocycles. The molecular formula is C11H12N2O4. The number of hydrogen-bond donors (Lipinski definition) is 1. The van der Waals surface area contributed by atoms with Gasteiger partial charge in [-0.15, -0.1) is 0 Å². The van der Waals surface area contributed by atoms with Crippen LogP contribution >= 0.6 is 0 Å². The van der Waals surface area contributed by atoms with E-state index in [-0.39, 0.29) is 18.3 Å². The zero-order valence-electron chi connectivity index (χ0n) is 9.51. The third-order valence-electron chi connectivity index (χ3n) is 2.24. The van der Waals surface area contributed by atoms with Gasteiger partial charge in [-0.25, -0.2) is 0 Å². The molecule has 6 nitrogen and oxygen atoms in total. The van der Waals surface area contributed by atoms with Crippen molar-refractivity contribution in [2.75, 3.05) is 14.2 Å². The van der Waals surface area contributed by atoms with Gasteiger partial charge in [0.2, 0.25) is 0 Å². The number of ether oxygens (including phenoxy) is 2. The molecule has 1 aromatic heterocycles. The Morgan fingerprint density at radius 1 is 1.29 bits per heavy atom. The van der Waals surface area contributed by atoms with Gasteiger partial charge in [0.05, 0.1) is 19.8 Å². The minimum absolute atomic E-state index is 0.227. The summed E-state index contributed by atoms with van der Waals surface area (Å²) in [6, 6.07) is 5.33. The summed E-state index contributed by atoms with van der Waals surface area (Å²) in [7, 11) is 3.08. The van der Waals surface area contributed by atoms with Crippen LogP contribution in [0.4, 0.5) is 0 Å². The number of rotatable bonds is 4. The summed E-state index contributed by atoms with van der Waals surface area (Å²) in [4.78, 5) is 4.02. The molecule has 0 unspecified atom stereocenters. The number of para-hydroxylation sites is 1. The highest BCUT2D eigenvalue weighted by molar-refractivity contribution is 5.67. The van der Waals surface area contributed by atoms with Crippen LogP contribution in [-0.4, -0.2) is 29.5 Å². The predicted molar refractivity (Wildman–Crippen MR) is 58.8 cm³/mol. The summed E-state index contributed by atoms with van der Waals surface area (Å²) < 4.78 is 15.4. The van der Waals surface area contributed by atoms with Crippen LogP contribution in [0.25, 0.3) is 11.5 Å². The molecule has 0 bridgehead atoms. The van der Waals surface area contributed by atoms with Gasteiger partial charge in [0.25, 0.3) is 5.89 Å². The molecule has 0 atom stereocenters. The van der Waals surface area contributed by atoms with Crippen LogP contribution in [0.2, 0.25) is 0 Å². The molecule has 1 aromatic carbocycles. The molecular weight excluding hydrogens is 224 g/mol. The van der Waals surface area contributed by atoms with Crippen molar-refractivity contribution in [2.24, 2.45) is 0 Å². The zero-order chi connectivity index (χ0) is 12.3. The Bertz CT molecular complexity index is 510. The monoisotopic (exact) mass is 236 g/mol. The van der Waals surface area contributed by atoms with Crippen LogP contribution in [-0.2, 0) is 6.61 Å². The van der Waals surface area contributed by atoms with E-state index < -0.39 is 0 Å². The average molecular weight is 236 g/mol. The molecule has 0 aliphatic carbocycles. The van der Waals surface area contributed by atoms with Crippen LogP contribution in [0.3, 0.4) is 0 Å². The second kappa shape index (κ2) is 4.84. The molecule has 90 valence electrons. The lowest BCUT2D eigenvalue weighted by Gasteiger charge is -2.09. The van der Waals surface area contributed by atoms with Gasteiger partial charge in [-0.1, -0.05) is 11.2 Å². The van der Waals surface area contributed by atoms with E-state index in [0.29, 0.717) is 17.1 Å². The molecule has 1 N–H and O–H groups in total. The minimum atomic E-state index is -0.268. The zero-order valence-corrected chi connectivity index (χ0v) is 9.51. The minimum Gasteiger partial charge on any atom is -0.493 e. The molecule has 0 radical (unpaired) electrons. The van der Waals surface area contributed by atoms with Crippen LogP contribution in [0.5, 0.6) is 11.5 Å². The van der Waals surface area contributed by atoms with Gasteiger partial charge in [0, 0.05) is 0 Å². The number of benzene rings is 1. The highest BCUT2D eigenvalue weighted by atomic mass is 16.5. The van der Waals surface area contributed by atoms with E-state index in [1.165, 1.54) is 7.11 Å². The summed E-state index contributed by atoms with van der Waals surface area (Å²) in [6.07, 6.45) is 0. The molecule has 0 amide bonds. The SMILES string of the molecule is COc1cccc(-c2nc(CO)no2)c1OC. The first-order valence-corrected chi connectivity index (χ1v) is 4.95. The number of methoxy groups -OCH3 is 2. The second-order valence-corrected chi connectivity index (χ2v) is 3.21. The highest BCUT2D eigenvalue weighted by Crippen LogP contribution is 2.36. The fraction of sp³-hybridized carbons (Fsp3) is 0.273. The standard InChI is InChI=1S/C11H12N2O4/c1-15-8-5-3-4-7(10(8)16-2)11-12-9(6-14)13-17-11/h3-5,14H,6H2,1-2H3. The van der Waals surface area contributed by atoms with Gasteiger partial charge in [0.1, 0.15) is 6.61 Å². The Kier molecular flexibility index (Phi) is 3.24. The first-order valence-electron chi connectivity index (χ1n) is 4.95.